The number of esters is 1. The van der Waals surface area contributed by atoms with Gasteiger partial charge in [-0.2, -0.15) is 0 Å². The van der Waals surface area contributed by atoms with Gasteiger partial charge in [0.05, 0.1) is 23.6 Å². The van der Waals surface area contributed by atoms with E-state index in [4.69, 9.17) is 0 Å². The maximum Gasteiger partial charge on any atom is 0.353 e. The predicted octanol–water partition coefficient (Wildman–Crippen LogP) is 4.09. The van der Waals surface area contributed by atoms with Gasteiger partial charge in [0, 0.05) is 5.69 Å². The van der Waals surface area contributed by atoms with Crippen molar-refractivity contribution >= 4 is 29.0 Å². The Hall–Kier alpha value is -4.01. The van der Waals surface area contributed by atoms with E-state index in [1.54, 1.807) is 24.3 Å². The maximum atomic E-state index is 11.7. The summed E-state index contributed by atoms with van der Waals surface area (Å²) in [6.45, 7) is 1.89. The number of nitrogens with zero attached hydrogens (tertiary/aromatic N) is 3. The zero-order valence-corrected chi connectivity index (χ0v) is 15.8. The number of benzene rings is 2. The summed E-state index contributed by atoms with van der Waals surface area (Å²) in [6.07, 6.45) is 1.25. The average molecular weight is 393 g/mol. The van der Waals surface area contributed by atoms with E-state index in [1.807, 2.05) is 37.3 Å². The molecule has 1 atom stereocenters. The number of hydrogen-bond donors (Lipinski definition) is 2. The van der Waals surface area contributed by atoms with Crippen LogP contribution in [0.25, 0.3) is 0 Å². The summed E-state index contributed by atoms with van der Waals surface area (Å²) in [4.78, 5) is 30.8. The van der Waals surface area contributed by atoms with Gasteiger partial charge in [0.1, 0.15) is 6.33 Å². The number of hydrogen-bond acceptors (Lipinski definition) is 8. The van der Waals surface area contributed by atoms with Gasteiger partial charge in [0.25, 0.3) is 0 Å². The van der Waals surface area contributed by atoms with E-state index in [0.29, 0.717) is 11.3 Å². The molecule has 0 aliphatic rings. The molecule has 0 aliphatic heterocycles. The topological polar surface area (TPSA) is 119 Å². The molecule has 1 unspecified atom stereocenters. The Morgan fingerprint density at radius 1 is 1.07 bits per heavy atom. The van der Waals surface area contributed by atoms with Gasteiger partial charge in [-0.05, 0) is 36.8 Å². The summed E-state index contributed by atoms with van der Waals surface area (Å²) in [7, 11) is 1.30. The van der Waals surface area contributed by atoms with Crippen molar-refractivity contribution in [3.8, 4) is 0 Å². The number of carbonyl (C=O) groups excluding carboxylic acids is 1. The predicted molar refractivity (Wildman–Crippen MR) is 108 cm³/mol. The Kier molecular flexibility index (Phi) is 5.98. The smallest absolute Gasteiger partial charge is 0.353 e. The second-order valence-corrected chi connectivity index (χ2v) is 6.15. The van der Waals surface area contributed by atoms with Crippen LogP contribution in [0, 0.1) is 10.1 Å². The first kappa shape index (κ1) is 19.7. The molecule has 0 spiro atoms. The molecule has 0 bridgehead atoms. The normalized spacial score (nSPS) is 11.4. The van der Waals surface area contributed by atoms with Crippen LogP contribution in [0.5, 0.6) is 0 Å². The van der Waals surface area contributed by atoms with E-state index in [1.165, 1.54) is 13.4 Å². The zero-order valence-electron chi connectivity index (χ0n) is 15.8. The van der Waals surface area contributed by atoms with Gasteiger partial charge in [-0.25, -0.2) is 14.8 Å². The lowest BCUT2D eigenvalue weighted by Crippen LogP contribution is -2.11. The minimum atomic E-state index is -0.537. The minimum absolute atomic E-state index is 0.0404. The van der Waals surface area contributed by atoms with Crippen LogP contribution in [0.15, 0.2) is 60.9 Å². The van der Waals surface area contributed by atoms with Crippen LogP contribution in [0.1, 0.15) is 28.9 Å². The van der Waals surface area contributed by atoms with Gasteiger partial charge in [-0.15, -0.1) is 0 Å². The molecule has 9 heteroatoms. The largest absolute Gasteiger partial charge is 0.465 e. The highest BCUT2D eigenvalue weighted by molar-refractivity contribution is 5.89. The summed E-state index contributed by atoms with van der Waals surface area (Å²) in [5, 5.41) is 17.7. The van der Waals surface area contributed by atoms with E-state index < -0.39 is 10.9 Å². The van der Waals surface area contributed by atoms with Gasteiger partial charge in [-0.3, -0.25) is 10.1 Å². The fourth-order valence-electron chi connectivity index (χ4n) is 2.72. The molecule has 0 aliphatic carbocycles. The minimum Gasteiger partial charge on any atom is -0.465 e. The summed E-state index contributed by atoms with van der Waals surface area (Å²) in [6, 6.07) is 15.7. The molecule has 0 radical (unpaired) electrons. The molecular weight excluding hydrogens is 374 g/mol. The molecule has 1 heterocycles. The molecule has 2 aromatic carbocycles. The zero-order chi connectivity index (χ0) is 20.8. The Morgan fingerprint density at radius 2 is 1.72 bits per heavy atom. The van der Waals surface area contributed by atoms with Crippen molar-refractivity contribution < 1.29 is 14.5 Å². The number of anilines is 3. The van der Waals surface area contributed by atoms with Crippen molar-refractivity contribution in [2.75, 3.05) is 17.7 Å². The first-order chi connectivity index (χ1) is 14.0. The van der Waals surface area contributed by atoms with Gasteiger partial charge in [0.15, 0.2) is 0 Å². The Balaban J connectivity index is 1.87. The Labute approximate surface area is 166 Å². The van der Waals surface area contributed by atoms with Gasteiger partial charge in [0.2, 0.25) is 11.6 Å². The van der Waals surface area contributed by atoms with Crippen LogP contribution in [-0.4, -0.2) is 28.0 Å². The van der Waals surface area contributed by atoms with E-state index >= 15 is 0 Å². The number of rotatable bonds is 7. The number of nitrogens with one attached hydrogen (secondary N) is 2. The second-order valence-electron chi connectivity index (χ2n) is 6.15. The highest BCUT2D eigenvalue weighted by Crippen LogP contribution is 2.33. The first-order valence-corrected chi connectivity index (χ1v) is 8.76. The van der Waals surface area contributed by atoms with Crippen molar-refractivity contribution in [2.24, 2.45) is 0 Å². The fourth-order valence-corrected chi connectivity index (χ4v) is 2.72. The molecule has 29 heavy (non-hydrogen) atoms. The van der Waals surface area contributed by atoms with Crippen LogP contribution in [-0.2, 0) is 4.74 Å². The van der Waals surface area contributed by atoms with Gasteiger partial charge >= 0.3 is 11.7 Å². The van der Waals surface area contributed by atoms with Gasteiger partial charge in [-0.1, -0.05) is 30.3 Å². The maximum absolute atomic E-state index is 11.7. The quantitative estimate of drug-likeness (QED) is 0.350. The van der Waals surface area contributed by atoms with E-state index in [-0.39, 0.29) is 23.4 Å². The molecule has 0 saturated heterocycles. The molecule has 0 saturated carbocycles. The average Bonchev–Trinajstić information content (AvgIpc) is 2.74. The molecule has 9 nitrogen and oxygen atoms in total. The molecule has 3 rings (SSSR count). The van der Waals surface area contributed by atoms with Crippen molar-refractivity contribution in [1.29, 1.82) is 0 Å². The molecule has 3 aromatic rings. The SMILES string of the molecule is COC(=O)c1ccc(Nc2ncnc(NC(C)c3ccccc3)c2[N+](=O)[O-])cc1. The summed E-state index contributed by atoms with van der Waals surface area (Å²) in [5.41, 5.74) is 1.59. The highest BCUT2D eigenvalue weighted by Gasteiger charge is 2.24. The van der Waals surface area contributed by atoms with E-state index in [9.17, 15) is 14.9 Å². The number of methoxy groups -OCH3 is 1. The third-order valence-corrected chi connectivity index (χ3v) is 4.23. The first-order valence-electron chi connectivity index (χ1n) is 8.76. The van der Waals surface area contributed by atoms with Crippen LogP contribution in [0.4, 0.5) is 23.0 Å². The summed E-state index contributed by atoms with van der Waals surface area (Å²) >= 11 is 0. The van der Waals surface area contributed by atoms with Crippen LogP contribution in [0.3, 0.4) is 0 Å². The molecule has 2 N–H and O–H groups in total. The number of ether oxygens (including phenoxy) is 1. The molecule has 0 fully saturated rings. The van der Waals surface area contributed by atoms with Gasteiger partial charge < -0.3 is 15.4 Å². The number of nitro groups is 1. The third-order valence-electron chi connectivity index (χ3n) is 4.23. The van der Waals surface area contributed by atoms with Crippen molar-refractivity contribution in [3.05, 3.63) is 82.2 Å². The highest BCUT2D eigenvalue weighted by atomic mass is 16.6. The lowest BCUT2D eigenvalue weighted by Gasteiger charge is -2.16. The second kappa shape index (κ2) is 8.79. The van der Waals surface area contributed by atoms with Crippen LogP contribution >= 0.6 is 0 Å². The summed E-state index contributed by atoms with van der Waals surface area (Å²) in [5.74, 6) is -0.320. The van der Waals surface area contributed by atoms with Crippen molar-refractivity contribution in [3.63, 3.8) is 0 Å². The summed E-state index contributed by atoms with van der Waals surface area (Å²) < 4.78 is 4.66. The number of aromatic nitrogens is 2. The molecule has 148 valence electrons. The monoisotopic (exact) mass is 393 g/mol. The molecular formula is C20H19N5O4. The lowest BCUT2D eigenvalue weighted by atomic mass is 10.1. The van der Waals surface area contributed by atoms with Crippen molar-refractivity contribution in [1.82, 2.24) is 9.97 Å². The van der Waals surface area contributed by atoms with Crippen LogP contribution in [0.2, 0.25) is 0 Å². The molecule has 0 amide bonds. The van der Waals surface area contributed by atoms with Crippen molar-refractivity contribution in [2.45, 2.75) is 13.0 Å². The number of carbonyl (C=O) groups is 1. The van der Waals surface area contributed by atoms with Crippen LogP contribution < -0.4 is 10.6 Å². The standard InChI is InChI=1S/C20H19N5O4/c1-13(14-6-4-3-5-7-14)23-18-17(25(27)28)19(22-12-21-18)24-16-10-8-15(9-11-16)20(26)29-2/h3-13H,1-2H3,(H2,21,22,23,24). The Morgan fingerprint density at radius 3 is 2.34 bits per heavy atom. The fraction of sp³-hybridized carbons (Fsp3) is 0.150. The molecule has 1 aromatic heterocycles. The Bertz CT molecular complexity index is 1010. The van der Waals surface area contributed by atoms with E-state index in [0.717, 1.165) is 5.56 Å². The van der Waals surface area contributed by atoms with E-state index in [2.05, 4.69) is 25.3 Å². The lowest BCUT2D eigenvalue weighted by molar-refractivity contribution is -0.383. The third kappa shape index (κ3) is 4.64.